The van der Waals surface area contributed by atoms with Gasteiger partial charge in [-0.3, -0.25) is 9.69 Å². The van der Waals surface area contributed by atoms with Gasteiger partial charge in [0.25, 0.3) is 0 Å². The van der Waals surface area contributed by atoms with E-state index in [0.717, 1.165) is 25.9 Å². The van der Waals surface area contributed by atoms with Crippen LogP contribution in [0.2, 0.25) is 0 Å². The van der Waals surface area contributed by atoms with Crippen molar-refractivity contribution in [3.8, 4) is 0 Å². The molecule has 138 valence electrons. The highest BCUT2D eigenvalue weighted by atomic mass is 35.5. The number of halogens is 2. The third-order valence-corrected chi connectivity index (χ3v) is 4.39. The fraction of sp³-hybridized carbons (Fsp3) is 0.588. The predicted molar refractivity (Wildman–Crippen MR) is 102 cm³/mol. The molecule has 1 aromatic rings. The zero-order valence-corrected chi connectivity index (χ0v) is 15.9. The molecule has 1 fully saturated rings. The van der Waals surface area contributed by atoms with E-state index in [0.29, 0.717) is 6.04 Å². The van der Waals surface area contributed by atoms with Crippen molar-refractivity contribution >= 4 is 30.7 Å². The van der Waals surface area contributed by atoms with Crippen LogP contribution < -0.4 is 11.1 Å². The van der Waals surface area contributed by atoms with Crippen LogP contribution in [0.25, 0.3) is 0 Å². The molecule has 3 N–H and O–H groups in total. The molecule has 7 heteroatoms. The summed E-state index contributed by atoms with van der Waals surface area (Å²) < 4.78 is 4.92. The number of hydrogen-bond acceptors (Lipinski definition) is 4. The van der Waals surface area contributed by atoms with Crippen LogP contribution in [0.1, 0.15) is 31.4 Å². The number of nitrogens with one attached hydrogen (secondary N) is 1. The van der Waals surface area contributed by atoms with Crippen molar-refractivity contribution in [2.45, 2.75) is 37.9 Å². The quantitative estimate of drug-likeness (QED) is 0.796. The topological polar surface area (TPSA) is 67.6 Å². The molecule has 0 saturated carbocycles. The highest BCUT2D eigenvalue weighted by Crippen LogP contribution is 2.23. The molecule has 1 heterocycles. The molecule has 2 rings (SSSR count). The maximum Gasteiger partial charge on any atom is 0.239 e. The van der Waals surface area contributed by atoms with E-state index in [4.69, 9.17) is 10.5 Å². The molecule has 1 saturated heterocycles. The van der Waals surface area contributed by atoms with Crippen molar-refractivity contribution in [3.05, 3.63) is 35.9 Å². The van der Waals surface area contributed by atoms with Crippen molar-refractivity contribution in [1.29, 1.82) is 0 Å². The van der Waals surface area contributed by atoms with Crippen molar-refractivity contribution in [2.75, 3.05) is 26.8 Å². The average Bonchev–Trinajstić information content (AvgIpc) is 2.56. The van der Waals surface area contributed by atoms with E-state index < -0.39 is 6.04 Å². The Kier molecular flexibility index (Phi) is 11.2. The number of amides is 1. The molecule has 0 radical (unpaired) electrons. The number of rotatable bonds is 6. The van der Waals surface area contributed by atoms with Gasteiger partial charge in [-0.15, -0.1) is 24.8 Å². The second kappa shape index (κ2) is 11.7. The van der Waals surface area contributed by atoms with E-state index in [2.05, 4.69) is 41.4 Å². The van der Waals surface area contributed by atoms with Gasteiger partial charge in [0, 0.05) is 32.3 Å². The Labute approximate surface area is 157 Å². The number of methoxy groups -OCH3 is 1. The molecule has 0 spiro atoms. The smallest absolute Gasteiger partial charge is 0.239 e. The number of nitrogens with zero attached hydrogens (tertiary/aromatic N) is 1. The number of nitrogens with two attached hydrogens (primary N) is 1. The summed E-state index contributed by atoms with van der Waals surface area (Å²) in [7, 11) is 1.55. The van der Waals surface area contributed by atoms with Gasteiger partial charge >= 0.3 is 0 Å². The molecule has 1 aliphatic rings. The zero-order valence-electron chi connectivity index (χ0n) is 14.3. The lowest BCUT2D eigenvalue weighted by Crippen LogP contribution is -2.51. The molecule has 5 nitrogen and oxygen atoms in total. The van der Waals surface area contributed by atoms with Gasteiger partial charge in [0.15, 0.2) is 0 Å². The van der Waals surface area contributed by atoms with Gasteiger partial charge in [-0.2, -0.15) is 0 Å². The molecule has 0 bridgehead atoms. The molecule has 2 unspecified atom stereocenters. The molecule has 0 aromatic heterocycles. The fourth-order valence-corrected chi connectivity index (χ4v) is 2.94. The third-order valence-electron chi connectivity index (χ3n) is 4.39. The largest absolute Gasteiger partial charge is 0.383 e. The number of carbonyl (C=O) groups is 1. The second-order valence-corrected chi connectivity index (χ2v) is 5.97. The number of likely N-dealkylation sites (tertiary alicyclic amines) is 1. The lowest BCUT2D eigenvalue weighted by atomic mass is 10.00. The van der Waals surface area contributed by atoms with Gasteiger partial charge in [0.2, 0.25) is 5.91 Å². The van der Waals surface area contributed by atoms with E-state index in [1.807, 2.05) is 6.07 Å². The first-order valence-corrected chi connectivity index (χ1v) is 7.95. The summed E-state index contributed by atoms with van der Waals surface area (Å²) >= 11 is 0. The minimum Gasteiger partial charge on any atom is -0.383 e. The summed E-state index contributed by atoms with van der Waals surface area (Å²) in [6.07, 6.45) is 1.92. The summed E-state index contributed by atoms with van der Waals surface area (Å²) in [5.41, 5.74) is 7.09. The molecule has 24 heavy (non-hydrogen) atoms. The Morgan fingerprint density at radius 3 is 2.42 bits per heavy atom. The van der Waals surface area contributed by atoms with E-state index in [-0.39, 0.29) is 43.4 Å². The molecule has 1 aliphatic heterocycles. The SMILES string of the molecule is COCC(N)C(=O)NC1CCN(C(C)c2ccccc2)CC1.Cl.Cl. The van der Waals surface area contributed by atoms with Crippen LogP contribution in [-0.2, 0) is 9.53 Å². The zero-order chi connectivity index (χ0) is 15.9. The maximum absolute atomic E-state index is 11.9. The van der Waals surface area contributed by atoms with Crippen LogP contribution in [0.4, 0.5) is 0 Å². The molecular weight excluding hydrogens is 349 g/mol. The Bertz CT molecular complexity index is 468. The first-order valence-electron chi connectivity index (χ1n) is 7.95. The Hall–Kier alpha value is -0.850. The Morgan fingerprint density at radius 1 is 1.29 bits per heavy atom. The summed E-state index contributed by atoms with van der Waals surface area (Å²) in [5, 5.41) is 3.03. The third kappa shape index (κ3) is 6.57. The number of ether oxygens (including phenoxy) is 1. The van der Waals surface area contributed by atoms with E-state index in [9.17, 15) is 4.79 Å². The fourth-order valence-electron chi connectivity index (χ4n) is 2.94. The van der Waals surface area contributed by atoms with Crippen molar-refractivity contribution in [1.82, 2.24) is 10.2 Å². The molecule has 0 aliphatic carbocycles. The van der Waals surface area contributed by atoms with Crippen LogP contribution in [0.3, 0.4) is 0 Å². The minimum absolute atomic E-state index is 0. The summed E-state index contributed by atoms with van der Waals surface area (Å²) in [6.45, 7) is 4.47. The highest BCUT2D eigenvalue weighted by molar-refractivity contribution is 5.85. The standard InChI is InChI=1S/C17H27N3O2.2ClH/c1-13(14-6-4-3-5-7-14)20-10-8-15(9-11-20)19-17(21)16(18)12-22-2;;/h3-7,13,15-16H,8-12,18H2,1-2H3,(H,19,21);2*1H. The van der Waals surface area contributed by atoms with Crippen LogP contribution in [0, 0.1) is 0 Å². The summed E-state index contributed by atoms with van der Waals surface area (Å²) in [4.78, 5) is 14.4. The summed E-state index contributed by atoms with van der Waals surface area (Å²) in [6, 6.07) is 10.6. The highest BCUT2D eigenvalue weighted by Gasteiger charge is 2.25. The van der Waals surface area contributed by atoms with Crippen LogP contribution in [0.5, 0.6) is 0 Å². The van der Waals surface area contributed by atoms with E-state index in [1.54, 1.807) is 7.11 Å². The second-order valence-electron chi connectivity index (χ2n) is 5.97. The predicted octanol–water partition coefficient (Wildman–Crippen LogP) is 2.15. The van der Waals surface area contributed by atoms with Gasteiger partial charge in [-0.25, -0.2) is 0 Å². The van der Waals surface area contributed by atoms with Crippen LogP contribution >= 0.6 is 24.8 Å². The molecule has 1 aromatic carbocycles. The molecule has 1 amide bonds. The normalized spacial score (nSPS) is 18.0. The van der Waals surface area contributed by atoms with Crippen LogP contribution in [-0.4, -0.2) is 49.7 Å². The van der Waals surface area contributed by atoms with E-state index >= 15 is 0 Å². The molecular formula is C17H29Cl2N3O2. The number of piperidine rings is 1. The first-order chi connectivity index (χ1) is 10.6. The Balaban J connectivity index is 0.00000264. The Morgan fingerprint density at radius 2 is 1.88 bits per heavy atom. The monoisotopic (exact) mass is 377 g/mol. The van der Waals surface area contributed by atoms with Gasteiger partial charge in [0.05, 0.1) is 6.61 Å². The lowest BCUT2D eigenvalue weighted by Gasteiger charge is -2.36. The van der Waals surface area contributed by atoms with Crippen LogP contribution in [0.15, 0.2) is 30.3 Å². The van der Waals surface area contributed by atoms with Gasteiger partial charge in [-0.05, 0) is 25.3 Å². The van der Waals surface area contributed by atoms with Gasteiger partial charge in [0.1, 0.15) is 6.04 Å². The number of benzene rings is 1. The minimum atomic E-state index is -0.578. The van der Waals surface area contributed by atoms with E-state index in [1.165, 1.54) is 5.56 Å². The number of hydrogen-bond donors (Lipinski definition) is 2. The van der Waals surface area contributed by atoms with Crippen molar-refractivity contribution < 1.29 is 9.53 Å². The first kappa shape index (κ1) is 23.1. The maximum atomic E-state index is 11.9. The van der Waals surface area contributed by atoms with Gasteiger partial charge < -0.3 is 15.8 Å². The number of carbonyl (C=O) groups excluding carboxylic acids is 1. The summed E-state index contributed by atoms with van der Waals surface area (Å²) in [5.74, 6) is -0.114. The van der Waals surface area contributed by atoms with Crippen molar-refractivity contribution in [3.63, 3.8) is 0 Å². The molecule has 2 atom stereocenters. The average molecular weight is 378 g/mol. The van der Waals surface area contributed by atoms with Gasteiger partial charge in [-0.1, -0.05) is 30.3 Å². The lowest BCUT2D eigenvalue weighted by molar-refractivity contribution is -0.124. The van der Waals surface area contributed by atoms with Crippen molar-refractivity contribution in [2.24, 2.45) is 5.73 Å².